The molecule has 0 bridgehead atoms. The van der Waals surface area contributed by atoms with Crippen LogP contribution in [-0.2, 0) is 4.79 Å². The third-order valence-corrected chi connectivity index (χ3v) is 5.40. The van der Waals surface area contributed by atoms with Crippen molar-refractivity contribution in [2.24, 2.45) is 0 Å². The standard InChI is InChI=1S/C23H28N2O3/c1-16-6-5-7-20(14-16)23(27)25-12-10-24(11-13-25)21(26)15-28-22-18(3)9-8-17(2)19(22)4/h5-9,14H,10-13,15H2,1-4H3. The highest BCUT2D eigenvalue weighted by Gasteiger charge is 2.25. The Balaban J connectivity index is 1.54. The first kappa shape index (κ1) is 19.9. The zero-order valence-corrected chi connectivity index (χ0v) is 17.1. The molecule has 5 nitrogen and oxygen atoms in total. The molecule has 3 rings (SSSR count). The summed E-state index contributed by atoms with van der Waals surface area (Å²) in [4.78, 5) is 28.8. The molecule has 28 heavy (non-hydrogen) atoms. The number of piperazine rings is 1. The minimum atomic E-state index is -0.0389. The van der Waals surface area contributed by atoms with E-state index in [2.05, 4.69) is 6.07 Å². The molecule has 1 aliphatic heterocycles. The van der Waals surface area contributed by atoms with Gasteiger partial charge in [0, 0.05) is 31.7 Å². The molecule has 2 aromatic rings. The summed E-state index contributed by atoms with van der Waals surface area (Å²) < 4.78 is 5.85. The lowest BCUT2D eigenvalue weighted by atomic mass is 10.1. The van der Waals surface area contributed by atoms with E-state index in [1.54, 1.807) is 4.90 Å². The summed E-state index contributed by atoms with van der Waals surface area (Å²) in [6.45, 7) is 10.2. The van der Waals surface area contributed by atoms with Gasteiger partial charge in [0.1, 0.15) is 5.75 Å². The van der Waals surface area contributed by atoms with Crippen molar-refractivity contribution in [3.63, 3.8) is 0 Å². The van der Waals surface area contributed by atoms with Gasteiger partial charge in [0.25, 0.3) is 11.8 Å². The van der Waals surface area contributed by atoms with Crippen LogP contribution in [0.3, 0.4) is 0 Å². The van der Waals surface area contributed by atoms with E-state index in [4.69, 9.17) is 4.74 Å². The Kier molecular flexibility index (Phi) is 6.02. The number of nitrogens with zero attached hydrogens (tertiary/aromatic N) is 2. The third kappa shape index (κ3) is 4.35. The first-order valence-corrected chi connectivity index (χ1v) is 9.70. The van der Waals surface area contributed by atoms with Gasteiger partial charge in [-0.3, -0.25) is 9.59 Å². The van der Waals surface area contributed by atoms with Crippen LogP contribution in [-0.4, -0.2) is 54.4 Å². The lowest BCUT2D eigenvalue weighted by molar-refractivity contribution is -0.134. The van der Waals surface area contributed by atoms with E-state index >= 15 is 0 Å². The maximum absolute atomic E-state index is 12.6. The molecule has 0 aromatic heterocycles. The normalized spacial score (nSPS) is 14.1. The van der Waals surface area contributed by atoms with Crippen LogP contribution in [0.5, 0.6) is 5.75 Å². The fourth-order valence-electron chi connectivity index (χ4n) is 3.49. The van der Waals surface area contributed by atoms with Crippen LogP contribution in [0.4, 0.5) is 0 Å². The number of ether oxygens (including phenoxy) is 1. The van der Waals surface area contributed by atoms with Gasteiger partial charge in [-0.1, -0.05) is 29.8 Å². The second-order valence-corrected chi connectivity index (χ2v) is 7.48. The first-order chi connectivity index (χ1) is 13.4. The molecular weight excluding hydrogens is 352 g/mol. The Labute approximate surface area is 166 Å². The monoisotopic (exact) mass is 380 g/mol. The van der Waals surface area contributed by atoms with Crippen LogP contribution < -0.4 is 4.74 Å². The highest BCUT2D eigenvalue weighted by Crippen LogP contribution is 2.25. The lowest BCUT2D eigenvalue weighted by Crippen LogP contribution is -2.51. The van der Waals surface area contributed by atoms with Crippen LogP contribution in [0.15, 0.2) is 36.4 Å². The predicted octanol–water partition coefficient (Wildman–Crippen LogP) is 3.28. The quantitative estimate of drug-likeness (QED) is 0.818. The largest absolute Gasteiger partial charge is 0.483 e. The second kappa shape index (κ2) is 8.46. The van der Waals surface area contributed by atoms with Crippen LogP contribution >= 0.6 is 0 Å². The molecule has 1 heterocycles. The van der Waals surface area contributed by atoms with Gasteiger partial charge in [0.15, 0.2) is 6.61 Å². The molecule has 2 aromatic carbocycles. The predicted molar refractivity (Wildman–Crippen MR) is 110 cm³/mol. The topological polar surface area (TPSA) is 49.9 Å². The number of rotatable bonds is 4. The van der Waals surface area contributed by atoms with Crippen molar-refractivity contribution >= 4 is 11.8 Å². The molecular formula is C23H28N2O3. The van der Waals surface area contributed by atoms with Crippen LogP contribution in [0.25, 0.3) is 0 Å². The maximum Gasteiger partial charge on any atom is 0.260 e. The molecule has 0 unspecified atom stereocenters. The molecule has 0 saturated carbocycles. The molecule has 148 valence electrons. The van der Waals surface area contributed by atoms with E-state index in [-0.39, 0.29) is 18.4 Å². The molecule has 0 radical (unpaired) electrons. The summed E-state index contributed by atoms with van der Waals surface area (Å²) in [6, 6.07) is 11.7. The van der Waals surface area contributed by atoms with E-state index in [1.807, 2.05) is 62.9 Å². The van der Waals surface area contributed by atoms with E-state index in [0.29, 0.717) is 31.7 Å². The molecule has 0 N–H and O–H groups in total. The second-order valence-electron chi connectivity index (χ2n) is 7.48. The average Bonchev–Trinajstić information content (AvgIpc) is 2.70. The van der Waals surface area contributed by atoms with Crippen molar-refractivity contribution < 1.29 is 14.3 Å². The number of aryl methyl sites for hydroxylation is 3. The maximum atomic E-state index is 12.6. The number of carbonyl (C=O) groups excluding carboxylic acids is 2. The van der Waals surface area contributed by atoms with E-state index in [9.17, 15) is 9.59 Å². The molecule has 1 saturated heterocycles. The summed E-state index contributed by atoms with van der Waals surface area (Å²) in [7, 11) is 0. The van der Waals surface area contributed by atoms with Gasteiger partial charge >= 0.3 is 0 Å². The Morgan fingerprint density at radius 1 is 0.893 bits per heavy atom. The fraction of sp³-hybridized carbons (Fsp3) is 0.391. The van der Waals surface area contributed by atoms with Gasteiger partial charge in [-0.25, -0.2) is 0 Å². The average molecular weight is 380 g/mol. The van der Waals surface area contributed by atoms with Crippen molar-refractivity contribution in [3.8, 4) is 5.75 Å². The van der Waals surface area contributed by atoms with E-state index in [1.165, 1.54) is 0 Å². The van der Waals surface area contributed by atoms with Crippen LogP contribution in [0.1, 0.15) is 32.6 Å². The summed E-state index contributed by atoms with van der Waals surface area (Å²) in [5, 5.41) is 0. The first-order valence-electron chi connectivity index (χ1n) is 9.70. The van der Waals surface area contributed by atoms with Gasteiger partial charge in [0.2, 0.25) is 0 Å². The fourth-order valence-corrected chi connectivity index (χ4v) is 3.49. The smallest absolute Gasteiger partial charge is 0.260 e. The molecule has 0 spiro atoms. The van der Waals surface area contributed by atoms with Gasteiger partial charge in [-0.05, 0) is 56.5 Å². The minimum Gasteiger partial charge on any atom is -0.483 e. The molecule has 2 amide bonds. The SMILES string of the molecule is Cc1cccc(C(=O)N2CCN(C(=O)COc3c(C)ccc(C)c3C)CC2)c1. The third-order valence-electron chi connectivity index (χ3n) is 5.40. The van der Waals surface area contributed by atoms with E-state index < -0.39 is 0 Å². The van der Waals surface area contributed by atoms with Crippen molar-refractivity contribution in [2.45, 2.75) is 27.7 Å². The lowest BCUT2D eigenvalue weighted by Gasteiger charge is -2.34. The highest BCUT2D eigenvalue weighted by molar-refractivity contribution is 5.94. The van der Waals surface area contributed by atoms with Crippen molar-refractivity contribution in [2.75, 3.05) is 32.8 Å². The Morgan fingerprint density at radius 3 is 2.21 bits per heavy atom. The molecule has 1 fully saturated rings. The van der Waals surface area contributed by atoms with Gasteiger partial charge in [-0.2, -0.15) is 0 Å². The zero-order valence-electron chi connectivity index (χ0n) is 17.1. The molecule has 1 aliphatic rings. The number of amides is 2. The number of carbonyl (C=O) groups is 2. The summed E-state index contributed by atoms with van der Waals surface area (Å²) >= 11 is 0. The number of hydrogen-bond acceptors (Lipinski definition) is 3. The van der Waals surface area contributed by atoms with Crippen molar-refractivity contribution in [1.29, 1.82) is 0 Å². The van der Waals surface area contributed by atoms with Crippen LogP contribution in [0, 0.1) is 27.7 Å². The highest BCUT2D eigenvalue weighted by atomic mass is 16.5. The van der Waals surface area contributed by atoms with Crippen molar-refractivity contribution in [3.05, 3.63) is 64.2 Å². The molecule has 5 heteroatoms. The van der Waals surface area contributed by atoms with Crippen LogP contribution in [0.2, 0.25) is 0 Å². The molecule has 0 atom stereocenters. The summed E-state index contributed by atoms with van der Waals surface area (Å²) in [5.41, 5.74) is 5.02. The Bertz CT molecular complexity index is 883. The molecule has 0 aliphatic carbocycles. The Morgan fingerprint density at radius 2 is 1.54 bits per heavy atom. The number of benzene rings is 2. The van der Waals surface area contributed by atoms with Gasteiger partial charge < -0.3 is 14.5 Å². The summed E-state index contributed by atoms with van der Waals surface area (Å²) in [5.74, 6) is 0.780. The van der Waals surface area contributed by atoms with Crippen molar-refractivity contribution in [1.82, 2.24) is 9.80 Å². The Hall–Kier alpha value is -2.82. The van der Waals surface area contributed by atoms with Gasteiger partial charge in [0.05, 0.1) is 0 Å². The number of hydrogen-bond donors (Lipinski definition) is 0. The zero-order chi connectivity index (χ0) is 20.3. The minimum absolute atomic E-state index is 0.0248. The van der Waals surface area contributed by atoms with E-state index in [0.717, 1.165) is 28.0 Å². The summed E-state index contributed by atoms with van der Waals surface area (Å²) in [6.07, 6.45) is 0. The van der Waals surface area contributed by atoms with Gasteiger partial charge in [-0.15, -0.1) is 0 Å².